The molecule has 1 aromatic heterocycles. The molecule has 0 bridgehead atoms. The molecule has 0 N–H and O–H groups in total. The molecule has 3 aromatic carbocycles. The third-order valence-electron chi connectivity index (χ3n) is 5.92. The summed E-state index contributed by atoms with van der Waals surface area (Å²) in [6.45, 7) is 1.66. The van der Waals surface area contributed by atoms with Gasteiger partial charge in [0.25, 0.3) is 11.8 Å². The van der Waals surface area contributed by atoms with E-state index in [2.05, 4.69) is 5.10 Å². The summed E-state index contributed by atoms with van der Waals surface area (Å²) in [6, 6.07) is 15.8. The van der Waals surface area contributed by atoms with Gasteiger partial charge in [-0.2, -0.15) is 18.3 Å². The number of hydrogen-bond acceptors (Lipinski definition) is 3. The van der Waals surface area contributed by atoms with Crippen LogP contribution in [0.2, 0.25) is 5.15 Å². The lowest BCUT2D eigenvalue weighted by molar-refractivity contribution is -0.137. The number of amides is 2. The zero-order valence-electron chi connectivity index (χ0n) is 19.1. The molecule has 0 unspecified atom stereocenters. The Hall–Kier alpha value is -4.24. The molecule has 5 rings (SSSR count). The third kappa shape index (κ3) is 4.31. The van der Waals surface area contributed by atoms with Crippen LogP contribution < -0.4 is 4.90 Å². The first kappa shape index (κ1) is 24.5. The smallest absolute Gasteiger partial charge is 0.268 e. The van der Waals surface area contributed by atoms with Crippen LogP contribution in [0, 0.1) is 12.7 Å². The monoisotopic (exact) mass is 525 g/mol. The van der Waals surface area contributed by atoms with Crippen LogP contribution in [0.5, 0.6) is 0 Å². The Balaban J connectivity index is 1.66. The number of aryl methyl sites for hydroxylation is 1. The van der Waals surface area contributed by atoms with Gasteiger partial charge in [-0.25, -0.2) is 14.0 Å². The number of carbonyl (C=O) groups is 2. The number of rotatable bonds is 3. The van der Waals surface area contributed by atoms with Gasteiger partial charge >= 0.3 is 6.18 Å². The van der Waals surface area contributed by atoms with Gasteiger partial charge in [0.2, 0.25) is 0 Å². The highest BCUT2D eigenvalue weighted by Gasteiger charge is 2.38. The minimum absolute atomic E-state index is 0.0521. The molecule has 0 fully saturated rings. The fourth-order valence-corrected chi connectivity index (χ4v) is 4.45. The maximum atomic E-state index is 13.6. The molecule has 2 heterocycles. The van der Waals surface area contributed by atoms with Crippen molar-refractivity contribution in [3.63, 3.8) is 0 Å². The lowest BCUT2D eigenvalue weighted by Gasteiger charge is -2.29. The van der Waals surface area contributed by atoms with E-state index in [1.54, 1.807) is 25.1 Å². The van der Waals surface area contributed by atoms with Crippen molar-refractivity contribution in [2.45, 2.75) is 13.1 Å². The molecule has 0 spiro atoms. The van der Waals surface area contributed by atoms with Crippen molar-refractivity contribution in [2.24, 2.45) is 0 Å². The Morgan fingerprint density at radius 2 is 1.54 bits per heavy atom. The van der Waals surface area contributed by atoms with E-state index in [4.69, 9.17) is 11.6 Å². The largest absolute Gasteiger partial charge is 0.416 e. The average Bonchev–Trinajstić information content (AvgIpc) is 3.15. The van der Waals surface area contributed by atoms with Crippen LogP contribution in [0.3, 0.4) is 0 Å². The first-order valence-corrected chi connectivity index (χ1v) is 11.3. The Morgan fingerprint density at radius 1 is 0.865 bits per heavy atom. The van der Waals surface area contributed by atoms with Gasteiger partial charge in [0.1, 0.15) is 11.0 Å². The molecule has 0 radical (unpaired) electrons. The summed E-state index contributed by atoms with van der Waals surface area (Å²) >= 11 is 6.60. The van der Waals surface area contributed by atoms with Gasteiger partial charge < -0.3 is 0 Å². The molecule has 0 saturated heterocycles. The average molecular weight is 526 g/mol. The van der Waals surface area contributed by atoms with Crippen LogP contribution in [-0.2, 0) is 11.0 Å². The van der Waals surface area contributed by atoms with Gasteiger partial charge in [-0.15, -0.1) is 0 Å². The molecule has 5 nitrogen and oxygen atoms in total. The maximum absolute atomic E-state index is 13.6. The van der Waals surface area contributed by atoms with Crippen molar-refractivity contribution < 1.29 is 27.2 Å². The summed E-state index contributed by atoms with van der Waals surface area (Å²) in [7, 11) is 0. The van der Waals surface area contributed by atoms with Crippen LogP contribution in [0.4, 0.5) is 23.2 Å². The number of nitrogens with zero attached hydrogens (tertiary/aromatic N) is 3. The highest BCUT2D eigenvalue weighted by atomic mass is 35.5. The van der Waals surface area contributed by atoms with Crippen molar-refractivity contribution >= 4 is 40.8 Å². The molecule has 0 saturated carbocycles. The van der Waals surface area contributed by atoms with E-state index in [9.17, 15) is 27.2 Å². The van der Waals surface area contributed by atoms with Crippen LogP contribution in [-0.4, -0.2) is 21.6 Å². The number of hydrogen-bond donors (Lipinski definition) is 0. The number of carbonyl (C=O) groups excluding carboxylic acids is 2. The van der Waals surface area contributed by atoms with E-state index in [0.29, 0.717) is 22.5 Å². The maximum Gasteiger partial charge on any atom is 0.416 e. The highest BCUT2D eigenvalue weighted by Crippen LogP contribution is 2.37. The van der Waals surface area contributed by atoms with Gasteiger partial charge in [0.05, 0.1) is 22.6 Å². The zero-order valence-corrected chi connectivity index (χ0v) is 19.8. The van der Waals surface area contributed by atoms with Crippen molar-refractivity contribution in [3.05, 3.63) is 112 Å². The van der Waals surface area contributed by atoms with Crippen molar-refractivity contribution in [2.75, 3.05) is 4.90 Å². The highest BCUT2D eigenvalue weighted by molar-refractivity contribution is 6.43. The van der Waals surface area contributed by atoms with Crippen LogP contribution >= 0.6 is 11.6 Å². The number of fused-ring (bicyclic) bond motifs is 1. The number of aromatic nitrogens is 2. The number of anilines is 1. The summed E-state index contributed by atoms with van der Waals surface area (Å²) in [6.07, 6.45) is -3.20. The quantitative estimate of drug-likeness (QED) is 0.169. The first-order valence-electron chi connectivity index (χ1n) is 10.9. The summed E-state index contributed by atoms with van der Waals surface area (Å²) in [5.41, 5.74) is 0.587. The Kier molecular flexibility index (Phi) is 5.95. The predicted molar refractivity (Wildman–Crippen MR) is 131 cm³/mol. The summed E-state index contributed by atoms with van der Waals surface area (Å²) in [4.78, 5) is 27.6. The summed E-state index contributed by atoms with van der Waals surface area (Å²) in [5.74, 6) is -2.00. The molecule has 0 atom stereocenters. The molecule has 4 aromatic rings. The molecular weight excluding hydrogens is 510 g/mol. The molecule has 10 heteroatoms. The predicted octanol–water partition coefficient (Wildman–Crippen LogP) is 6.72. The first-order chi connectivity index (χ1) is 17.6. The Morgan fingerprint density at radius 3 is 2.22 bits per heavy atom. The van der Waals surface area contributed by atoms with E-state index >= 15 is 0 Å². The zero-order chi connectivity index (χ0) is 26.5. The van der Waals surface area contributed by atoms with Crippen LogP contribution in [0.15, 0.2) is 72.8 Å². The van der Waals surface area contributed by atoms with Crippen molar-refractivity contribution in [3.8, 4) is 5.69 Å². The van der Waals surface area contributed by atoms with Gasteiger partial charge in [-0.05, 0) is 67.1 Å². The SMILES string of the molecule is Cc1nn(-c2ccc(F)cc2)c(Cl)c1/C=C1\C(=O)N(c2cccc(C(F)(F)F)c2)C(=O)c2ccccc21. The van der Waals surface area contributed by atoms with Crippen molar-refractivity contribution in [1.82, 2.24) is 9.78 Å². The van der Waals surface area contributed by atoms with Gasteiger partial charge in [0.15, 0.2) is 0 Å². The molecule has 1 aliphatic heterocycles. The Bertz CT molecular complexity index is 1590. The summed E-state index contributed by atoms with van der Waals surface area (Å²) in [5, 5.41) is 4.52. The van der Waals surface area contributed by atoms with E-state index < -0.39 is 29.4 Å². The fraction of sp³-hybridized carbons (Fsp3) is 0.0741. The second kappa shape index (κ2) is 9.01. The number of alkyl halides is 3. The van der Waals surface area contributed by atoms with E-state index in [0.717, 1.165) is 23.1 Å². The molecule has 2 amide bonds. The second-order valence-electron chi connectivity index (χ2n) is 8.28. The second-order valence-corrected chi connectivity index (χ2v) is 8.63. The topological polar surface area (TPSA) is 55.2 Å². The molecule has 186 valence electrons. The van der Waals surface area contributed by atoms with E-state index in [1.165, 1.54) is 47.2 Å². The molecule has 37 heavy (non-hydrogen) atoms. The standard InChI is InChI=1S/C27H16ClF4N3O2/c1-15-22(24(28)35(33-15)18-11-9-17(29)10-12-18)14-23-20-7-2-3-8-21(20)25(36)34(26(23)37)19-6-4-5-16(13-19)27(30,31)32/h2-14H,1H3/b23-14-. The van der Waals surface area contributed by atoms with Crippen LogP contribution in [0.1, 0.15) is 32.7 Å². The van der Waals surface area contributed by atoms with Gasteiger partial charge in [0, 0.05) is 16.7 Å². The van der Waals surface area contributed by atoms with Crippen molar-refractivity contribution in [1.29, 1.82) is 0 Å². The minimum atomic E-state index is -4.66. The molecular formula is C27H16ClF4N3O2. The minimum Gasteiger partial charge on any atom is -0.268 e. The molecule has 0 aliphatic carbocycles. The van der Waals surface area contributed by atoms with Crippen LogP contribution in [0.25, 0.3) is 17.3 Å². The Labute approximate surface area is 213 Å². The lowest BCUT2D eigenvalue weighted by Crippen LogP contribution is -2.41. The summed E-state index contributed by atoms with van der Waals surface area (Å²) < 4.78 is 54.8. The van der Waals surface area contributed by atoms with Gasteiger partial charge in [-0.3, -0.25) is 9.59 Å². The molecule has 1 aliphatic rings. The fourth-order valence-electron chi connectivity index (χ4n) is 4.12. The number of benzene rings is 3. The van der Waals surface area contributed by atoms with Gasteiger partial charge in [-0.1, -0.05) is 35.9 Å². The number of halogens is 5. The lowest BCUT2D eigenvalue weighted by atomic mass is 9.91. The third-order valence-corrected chi connectivity index (χ3v) is 6.29. The normalized spacial score (nSPS) is 14.9. The number of imide groups is 1. The van der Waals surface area contributed by atoms with E-state index in [1.807, 2.05) is 0 Å². The van der Waals surface area contributed by atoms with E-state index in [-0.39, 0.29) is 22.0 Å².